The summed E-state index contributed by atoms with van der Waals surface area (Å²) in [5, 5.41) is 13.0. The minimum Gasteiger partial charge on any atom is -0.492 e. The number of para-hydroxylation sites is 2. The molecular weight excluding hydrogens is 242 g/mol. The fraction of sp³-hybridized carbons (Fsp3) is 0.600. The van der Waals surface area contributed by atoms with Crippen molar-refractivity contribution < 1.29 is 14.6 Å². The van der Waals surface area contributed by atoms with Crippen LogP contribution in [-0.4, -0.2) is 37.6 Å². The maximum absolute atomic E-state index is 9.84. The van der Waals surface area contributed by atoms with E-state index in [2.05, 4.69) is 5.32 Å². The van der Waals surface area contributed by atoms with Crippen LogP contribution >= 0.6 is 0 Å². The molecule has 0 saturated heterocycles. The second kappa shape index (κ2) is 7.36. The molecule has 0 radical (unpaired) electrons. The first-order valence-corrected chi connectivity index (χ1v) is 7.01. The number of benzene rings is 1. The van der Waals surface area contributed by atoms with Crippen LogP contribution in [0.5, 0.6) is 5.75 Å². The molecule has 0 bridgehead atoms. The normalized spacial score (nSPS) is 16.1. The third-order valence-electron chi connectivity index (χ3n) is 3.08. The van der Waals surface area contributed by atoms with Crippen LogP contribution in [-0.2, 0) is 4.74 Å². The quantitative estimate of drug-likeness (QED) is 0.719. The van der Waals surface area contributed by atoms with Crippen molar-refractivity contribution in [3.05, 3.63) is 24.3 Å². The lowest BCUT2D eigenvalue weighted by molar-refractivity contribution is 0.0386. The van der Waals surface area contributed by atoms with Gasteiger partial charge in [0.15, 0.2) is 0 Å². The molecule has 106 valence electrons. The van der Waals surface area contributed by atoms with Gasteiger partial charge in [-0.1, -0.05) is 12.1 Å². The van der Waals surface area contributed by atoms with E-state index in [0.717, 1.165) is 24.0 Å². The van der Waals surface area contributed by atoms with Gasteiger partial charge in [-0.3, -0.25) is 0 Å². The molecule has 1 saturated carbocycles. The molecule has 2 N–H and O–H groups in total. The number of rotatable bonds is 9. The Hall–Kier alpha value is -1.26. The second-order valence-corrected chi connectivity index (χ2v) is 4.94. The fourth-order valence-electron chi connectivity index (χ4n) is 1.84. The van der Waals surface area contributed by atoms with Crippen LogP contribution in [0, 0.1) is 5.92 Å². The third kappa shape index (κ3) is 5.09. The summed E-state index contributed by atoms with van der Waals surface area (Å²) in [4.78, 5) is 0. The molecule has 2 rings (SSSR count). The summed E-state index contributed by atoms with van der Waals surface area (Å²) in [6, 6.07) is 7.75. The molecule has 1 aliphatic rings. The van der Waals surface area contributed by atoms with E-state index in [9.17, 15) is 5.11 Å². The van der Waals surface area contributed by atoms with Crippen LogP contribution in [0.15, 0.2) is 24.3 Å². The smallest absolute Gasteiger partial charge is 0.142 e. The number of hydrogen-bond acceptors (Lipinski definition) is 4. The van der Waals surface area contributed by atoms with Crippen LogP contribution in [0.4, 0.5) is 5.69 Å². The van der Waals surface area contributed by atoms with Gasteiger partial charge in [0.2, 0.25) is 0 Å². The van der Waals surface area contributed by atoms with E-state index in [1.807, 2.05) is 31.2 Å². The highest BCUT2D eigenvalue weighted by Crippen LogP contribution is 2.28. The topological polar surface area (TPSA) is 50.7 Å². The Balaban J connectivity index is 1.70. The fourth-order valence-corrected chi connectivity index (χ4v) is 1.84. The first-order valence-electron chi connectivity index (χ1n) is 7.01. The molecule has 0 spiro atoms. The molecule has 0 aliphatic heterocycles. The van der Waals surface area contributed by atoms with Crippen molar-refractivity contribution in [2.75, 3.05) is 31.7 Å². The van der Waals surface area contributed by atoms with Crippen molar-refractivity contribution in [2.24, 2.45) is 5.92 Å². The Kier molecular flexibility index (Phi) is 5.48. The van der Waals surface area contributed by atoms with Crippen LogP contribution in [0.25, 0.3) is 0 Å². The molecule has 0 amide bonds. The van der Waals surface area contributed by atoms with E-state index in [0.29, 0.717) is 19.8 Å². The number of hydrogen-bond donors (Lipinski definition) is 2. The van der Waals surface area contributed by atoms with E-state index in [1.165, 1.54) is 12.8 Å². The molecule has 0 aromatic heterocycles. The SMILES string of the molecule is CCOc1ccccc1NCC(O)COCC1CC1. The molecule has 19 heavy (non-hydrogen) atoms. The van der Waals surface area contributed by atoms with Gasteiger partial charge in [-0.25, -0.2) is 0 Å². The van der Waals surface area contributed by atoms with Crippen molar-refractivity contribution in [3.63, 3.8) is 0 Å². The summed E-state index contributed by atoms with van der Waals surface area (Å²) >= 11 is 0. The molecule has 1 aromatic rings. The monoisotopic (exact) mass is 265 g/mol. The highest BCUT2D eigenvalue weighted by atomic mass is 16.5. The Morgan fingerprint density at radius 1 is 1.37 bits per heavy atom. The van der Waals surface area contributed by atoms with E-state index in [1.54, 1.807) is 0 Å². The Bertz CT molecular complexity index is 379. The van der Waals surface area contributed by atoms with Crippen molar-refractivity contribution in [1.82, 2.24) is 0 Å². The predicted octanol–water partition coefficient (Wildman–Crippen LogP) is 2.28. The van der Waals surface area contributed by atoms with E-state index in [4.69, 9.17) is 9.47 Å². The highest BCUT2D eigenvalue weighted by molar-refractivity contribution is 5.56. The Labute approximate surface area is 114 Å². The van der Waals surface area contributed by atoms with E-state index < -0.39 is 6.10 Å². The molecule has 1 unspecified atom stereocenters. The number of ether oxygens (including phenoxy) is 2. The number of aliphatic hydroxyl groups is 1. The summed E-state index contributed by atoms with van der Waals surface area (Å²) in [5.74, 6) is 1.55. The molecule has 1 atom stereocenters. The average Bonchev–Trinajstić information content (AvgIpc) is 3.22. The van der Waals surface area contributed by atoms with E-state index >= 15 is 0 Å². The molecule has 1 fully saturated rings. The van der Waals surface area contributed by atoms with Gasteiger partial charge in [0.05, 0.1) is 25.0 Å². The minimum absolute atomic E-state index is 0.389. The zero-order valence-corrected chi connectivity index (χ0v) is 11.5. The van der Waals surface area contributed by atoms with Gasteiger partial charge < -0.3 is 19.9 Å². The first-order chi connectivity index (χ1) is 9.29. The highest BCUT2D eigenvalue weighted by Gasteiger charge is 2.21. The Morgan fingerprint density at radius 3 is 2.89 bits per heavy atom. The molecule has 0 heterocycles. The van der Waals surface area contributed by atoms with Crippen LogP contribution < -0.4 is 10.1 Å². The van der Waals surface area contributed by atoms with Crippen molar-refractivity contribution in [1.29, 1.82) is 0 Å². The maximum atomic E-state index is 9.84. The van der Waals surface area contributed by atoms with Crippen LogP contribution in [0.1, 0.15) is 19.8 Å². The Morgan fingerprint density at radius 2 is 2.16 bits per heavy atom. The summed E-state index contributed by atoms with van der Waals surface area (Å²) in [6.45, 7) is 4.23. The van der Waals surface area contributed by atoms with Gasteiger partial charge in [0, 0.05) is 13.2 Å². The van der Waals surface area contributed by atoms with Gasteiger partial charge in [-0.2, -0.15) is 0 Å². The summed E-state index contributed by atoms with van der Waals surface area (Å²) < 4.78 is 11.0. The number of nitrogens with one attached hydrogen (secondary N) is 1. The second-order valence-electron chi connectivity index (χ2n) is 4.94. The molecule has 1 aromatic carbocycles. The molecule has 4 heteroatoms. The summed E-state index contributed by atoms with van der Waals surface area (Å²) in [7, 11) is 0. The van der Waals surface area contributed by atoms with Crippen molar-refractivity contribution >= 4 is 5.69 Å². The average molecular weight is 265 g/mol. The zero-order chi connectivity index (χ0) is 13.5. The van der Waals surface area contributed by atoms with Crippen molar-refractivity contribution in [2.45, 2.75) is 25.9 Å². The zero-order valence-electron chi connectivity index (χ0n) is 11.5. The van der Waals surface area contributed by atoms with Gasteiger partial charge >= 0.3 is 0 Å². The maximum Gasteiger partial charge on any atom is 0.142 e. The van der Waals surface area contributed by atoms with Crippen molar-refractivity contribution in [3.8, 4) is 5.75 Å². The molecule has 4 nitrogen and oxygen atoms in total. The standard InChI is InChI=1S/C15H23NO3/c1-2-19-15-6-4-3-5-14(15)16-9-13(17)11-18-10-12-7-8-12/h3-6,12-13,16-17H,2,7-11H2,1H3. The first kappa shape index (κ1) is 14.2. The molecule has 1 aliphatic carbocycles. The van der Waals surface area contributed by atoms with Gasteiger partial charge in [-0.05, 0) is 37.8 Å². The van der Waals surface area contributed by atoms with Gasteiger partial charge in [-0.15, -0.1) is 0 Å². The largest absolute Gasteiger partial charge is 0.492 e. The summed E-state index contributed by atoms with van der Waals surface area (Å²) in [6.07, 6.45) is 2.06. The van der Waals surface area contributed by atoms with Gasteiger partial charge in [0.25, 0.3) is 0 Å². The lowest BCUT2D eigenvalue weighted by Gasteiger charge is -2.15. The lowest BCUT2D eigenvalue weighted by Crippen LogP contribution is -2.25. The molecular formula is C15H23NO3. The van der Waals surface area contributed by atoms with Gasteiger partial charge in [0.1, 0.15) is 5.75 Å². The van der Waals surface area contributed by atoms with Crippen LogP contribution in [0.2, 0.25) is 0 Å². The summed E-state index contributed by atoms with van der Waals surface area (Å²) in [5.41, 5.74) is 0.908. The lowest BCUT2D eigenvalue weighted by atomic mass is 10.2. The van der Waals surface area contributed by atoms with Crippen LogP contribution in [0.3, 0.4) is 0 Å². The number of anilines is 1. The minimum atomic E-state index is -0.492. The van der Waals surface area contributed by atoms with E-state index in [-0.39, 0.29) is 0 Å². The predicted molar refractivity (Wildman–Crippen MR) is 75.7 cm³/mol. The third-order valence-corrected chi connectivity index (χ3v) is 3.08. The number of aliphatic hydroxyl groups excluding tert-OH is 1.